The van der Waals surface area contributed by atoms with Crippen molar-refractivity contribution in [3.63, 3.8) is 0 Å². The van der Waals surface area contributed by atoms with E-state index in [4.69, 9.17) is 14.2 Å². The average molecular weight is 435 g/mol. The molecule has 1 heterocycles. The molecule has 0 amide bonds. The van der Waals surface area contributed by atoms with Crippen LogP contribution in [-0.2, 0) is 0 Å². The van der Waals surface area contributed by atoms with Gasteiger partial charge in [0.15, 0.2) is 0 Å². The largest absolute Gasteiger partial charge is 0.508 e. The Kier molecular flexibility index (Phi) is 5.73. The van der Waals surface area contributed by atoms with Crippen molar-refractivity contribution < 1.29 is 23.7 Å². The highest BCUT2D eigenvalue weighted by Gasteiger charge is 2.28. The van der Waals surface area contributed by atoms with Crippen molar-refractivity contribution in [2.45, 2.75) is 5.92 Å². The van der Waals surface area contributed by atoms with Gasteiger partial charge >= 0.3 is 0 Å². The third-order valence-electron chi connectivity index (χ3n) is 5.41. The standard InChI is InChI=1S/C25H22FNO5/c1-30-18-12-21(31-2)24(22(13-18)32-3)23(14-4-7-17(28)8-5-14)19-11-15-10-16(26)6-9-20(15)27-25(19)29/h4-13,23,28H,1-3H3,(H,27,29). The zero-order valence-corrected chi connectivity index (χ0v) is 17.8. The Morgan fingerprint density at radius 1 is 0.875 bits per heavy atom. The van der Waals surface area contributed by atoms with E-state index in [1.54, 1.807) is 42.5 Å². The lowest BCUT2D eigenvalue weighted by Gasteiger charge is -2.24. The first-order valence-electron chi connectivity index (χ1n) is 9.86. The lowest BCUT2D eigenvalue weighted by Crippen LogP contribution is -2.19. The minimum absolute atomic E-state index is 0.0932. The van der Waals surface area contributed by atoms with E-state index in [9.17, 15) is 14.3 Å². The molecule has 0 fully saturated rings. The molecule has 2 N–H and O–H groups in total. The van der Waals surface area contributed by atoms with Crippen LogP contribution in [0.3, 0.4) is 0 Å². The molecule has 0 saturated carbocycles. The highest BCUT2D eigenvalue weighted by Crippen LogP contribution is 2.44. The second-order valence-electron chi connectivity index (χ2n) is 7.26. The van der Waals surface area contributed by atoms with Crippen LogP contribution < -0.4 is 19.8 Å². The fourth-order valence-corrected chi connectivity index (χ4v) is 3.89. The van der Waals surface area contributed by atoms with Crippen LogP contribution in [0, 0.1) is 5.82 Å². The van der Waals surface area contributed by atoms with E-state index in [-0.39, 0.29) is 11.3 Å². The van der Waals surface area contributed by atoms with Crippen LogP contribution in [0.15, 0.2) is 65.5 Å². The van der Waals surface area contributed by atoms with Crippen molar-refractivity contribution in [3.8, 4) is 23.0 Å². The van der Waals surface area contributed by atoms with E-state index in [2.05, 4.69) is 4.98 Å². The Hall–Kier alpha value is -4.00. The smallest absolute Gasteiger partial charge is 0.252 e. The average Bonchev–Trinajstić information content (AvgIpc) is 2.80. The molecule has 0 aliphatic heterocycles. The van der Waals surface area contributed by atoms with Gasteiger partial charge in [-0.2, -0.15) is 0 Å². The van der Waals surface area contributed by atoms with Crippen molar-refractivity contribution >= 4 is 10.9 Å². The van der Waals surface area contributed by atoms with Crippen LogP contribution >= 0.6 is 0 Å². The number of hydrogen-bond acceptors (Lipinski definition) is 5. The molecule has 7 heteroatoms. The van der Waals surface area contributed by atoms with Crippen molar-refractivity contribution in [1.82, 2.24) is 4.98 Å². The molecule has 1 atom stereocenters. The summed E-state index contributed by atoms with van der Waals surface area (Å²) in [6.45, 7) is 0. The van der Waals surface area contributed by atoms with Gasteiger partial charge in [-0.15, -0.1) is 0 Å². The summed E-state index contributed by atoms with van der Waals surface area (Å²) in [4.78, 5) is 16.0. The Morgan fingerprint density at radius 2 is 1.53 bits per heavy atom. The monoisotopic (exact) mass is 435 g/mol. The summed E-state index contributed by atoms with van der Waals surface area (Å²) in [5.41, 5.74) is 1.88. The third-order valence-corrected chi connectivity index (χ3v) is 5.41. The number of H-pyrrole nitrogens is 1. The fraction of sp³-hybridized carbons (Fsp3) is 0.160. The first-order valence-corrected chi connectivity index (χ1v) is 9.86. The van der Waals surface area contributed by atoms with Crippen LogP contribution in [0.5, 0.6) is 23.0 Å². The minimum Gasteiger partial charge on any atom is -0.508 e. The number of phenolic OH excluding ortho intramolecular Hbond substituents is 1. The number of rotatable bonds is 6. The molecule has 3 aromatic carbocycles. The summed E-state index contributed by atoms with van der Waals surface area (Å²) in [5.74, 6) is 0.493. The van der Waals surface area contributed by atoms with Gasteiger partial charge in [0.1, 0.15) is 28.8 Å². The summed E-state index contributed by atoms with van der Waals surface area (Å²) in [7, 11) is 4.57. The highest BCUT2D eigenvalue weighted by molar-refractivity contribution is 5.79. The molecule has 6 nitrogen and oxygen atoms in total. The van der Waals surface area contributed by atoms with E-state index in [1.165, 1.54) is 39.5 Å². The number of methoxy groups -OCH3 is 3. The van der Waals surface area contributed by atoms with Crippen LogP contribution in [-0.4, -0.2) is 31.4 Å². The zero-order valence-electron chi connectivity index (χ0n) is 17.8. The number of pyridine rings is 1. The number of aromatic amines is 1. The molecule has 4 aromatic rings. The van der Waals surface area contributed by atoms with Gasteiger partial charge in [-0.3, -0.25) is 4.79 Å². The maximum Gasteiger partial charge on any atom is 0.252 e. The second-order valence-corrected chi connectivity index (χ2v) is 7.26. The van der Waals surface area contributed by atoms with Gasteiger partial charge in [-0.1, -0.05) is 12.1 Å². The van der Waals surface area contributed by atoms with Gasteiger partial charge in [0.2, 0.25) is 0 Å². The second kappa shape index (κ2) is 8.63. The molecule has 0 aliphatic rings. The van der Waals surface area contributed by atoms with Crippen LogP contribution in [0.1, 0.15) is 22.6 Å². The maximum atomic E-state index is 13.9. The van der Waals surface area contributed by atoms with Crippen molar-refractivity contribution in [2.24, 2.45) is 0 Å². The number of hydrogen-bond donors (Lipinski definition) is 2. The number of phenols is 1. The quantitative estimate of drug-likeness (QED) is 0.463. The lowest BCUT2D eigenvalue weighted by atomic mass is 9.84. The Bertz CT molecular complexity index is 1310. The molecule has 0 spiro atoms. The highest BCUT2D eigenvalue weighted by atomic mass is 19.1. The molecule has 0 aliphatic carbocycles. The first-order chi connectivity index (χ1) is 15.4. The molecule has 0 bridgehead atoms. The number of nitrogens with one attached hydrogen (secondary N) is 1. The summed E-state index contributed by atoms with van der Waals surface area (Å²) in [5, 5.41) is 10.4. The van der Waals surface area contributed by atoms with E-state index < -0.39 is 11.7 Å². The number of aromatic hydroxyl groups is 1. The van der Waals surface area contributed by atoms with E-state index in [0.717, 1.165) is 0 Å². The van der Waals surface area contributed by atoms with Gasteiger partial charge < -0.3 is 24.3 Å². The summed E-state index contributed by atoms with van der Waals surface area (Å²) < 4.78 is 30.5. The normalized spacial score (nSPS) is 11.9. The van der Waals surface area contributed by atoms with Gasteiger partial charge in [0.25, 0.3) is 5.56 Å². The Balaban J connectivity index is 2.06. The van der Waals surface area contributed by atoms with Crippen LogP contribution in [0.2, 0.25) is 0 Å². The molecule has 0 radical (unpaired) electrons. The van der Waals surface area contributed by atoms with E-state index in [1.807, 2.05) is 0 Å². The number of aromatic nitrogens is 1. The third kappa shape index (κ3) is 3.85. The molecule has 1 aromatic heterocycles. The van der Waals surface area contributed by atoms with Gasteiger partial charge in [0.05, 0.1) is 21.3 Å². The SMILES string of the molecule is COc1cc(OC)c(C(c2ccc(O)cc2)c2cc3cc(F)ccc3[nH]c2=O)c(OC)c1. The molecular weight excluding hydrogens is 413 g/mol. The summed E-state index contributed by atoms with van der Waals surface area (Å²) >= 11 is 0. The van der Waals surface area contributed by atoms with Crippen LogP contribution in [0.4, 0.5) is 4.39 Å². The predicted molar refractivity (Wildman–Crippen MR) is 120 cm³/mol. The molecule has 4 rings (SSSR count). The van der Waals surface area contributed by atoms with Gasteiger partial charge in [-0.25, -0.2) is 4.39 Å². The molecule has 164 valence electrons. The predicted octanol–water partition coefficient (Wildman–Crippen LogP) is 4.58. The van der Waals surface area contributed by atoms with Gasteiger partial charge in [-0.05, 0) is 42.0 Å². The molecule has 32 heavy (non-hydrogen) atoms. The first kappa shape index (κ1) is 21.2. The van der Waals surface area contributed by atoms with E-state index in [0.29, 0.717) is 44.8 Å². The zero-order chi connectivity index (χ0) is 22.8. The number of halogens is 1. The summed E-state index contributed by atoms with van der Waals surface area (Å²) in [6, 6.07) is 15.8. The Morgan fingerprint density at radius 3 is 2.12 bits per heavy atom. The number of ether oxygens (including phenoxy) is 3. The molecular formula is C25H22FNO5. The van der Waals surface area contributed by atoms with Crippen molar-refractivity contribution in [3.05, 3.63) is 93.5 Å². The fourth-order valence-electron chi connectivity index (χ4n) is 3.89. The topological polar surface area (TPSA) is 80.8 Å². The molecule has 0 saturated heterocycles. The maximum absolute atomic E-state index is 13.9. The van der Waals surface area contributed by atoms with Crippen LogP contribution in [0.25, 0.3) is 10.9 Å². The van der Waals surface area contributed by atoms with Crippen molar-refractivity contribution in [2.75, 3.05) is 21.3 Å². The number of fused-ring (bicyclic) bond motifs is 1. The lowest BCUT2D eigenvalue weighted by molar-refractivity contribution is 0.368. The van der Waals surface area contributed by atoms with Crippen molar-refractivity contribution in [1.29, 1.82) is 0 Å². The molecule has 1 unspecified atom stereocenters. The van der Waals surface area contributed by atoms with E-state index >= 15 is 0 Å². The summed E-state index contributed by atoms with van der Waals surface area (Å²) in [6.07, 6.45) is 0. The Labute approximate surface area is 183 Å². The number of benzene rings is 3. The van der Waals surface area contributed by atoms with Gasteiger partial charge in [0, 0.05) is 40.1 Å². The minimum atomic E-state index is -0.636.